The molecule has 0 saturated carbocycles. The van der Waals surface area contributed by atoms with Crippen LogP contribution in [0, 0.1) is 6.92 Å². The third kappa shape index (κ3) is 3.85. The summed E-state index contributed by atoms with van der Waals surface area (Å²) in [6.45, 7) is 4.08. The van der Waals surface area contributed by atoms with Crippen molar-refractivity contribution in [1.29, 1.82) is 0 Å². The summed E-state index contributed by atoms with van der Waals surface area (Å²) in [6, 6.07) is 17.3. The number of carbonyl (C=O) groups excluding carboxylic acids is 2. The topological polar surface area (TPSA) is 65.9 Å². The molecule has 1 aliphatic rings. The highest BCUT2D eigenvalue weighted by Gasteiger charge is 2.34. The van der Waals surface area contributed by atoms with Crippen LogP contribution in [-0.2, 0) is 11.3 Å². The summed E-state index contributed by atoms with van der Waals surface area (Å²) in [7, 11) is 0. The second kappa shape index (κ2) is 8.29. The number of fused-ring (bicyclic) bond motifs is 1. The van der Waals surface area contributed by atoms with Crippen molar-refractivity contribution >= 4 is 23.8 Å². The standard InChI is InChI=1S/C24H22N4O2/c1-3-23(29)28-22-11-10-20(19-8-6-17(2)7-9-19)13-21(22)16-27(24(28)30)26-15-18-5-4-12-25-14-18/h4-15H,3,16H2,1-2H3/b26-15+. The van der Waals surface area contributed by atoms with E-state index in [2.05, 4.69) is 41.3 Å². The van der Waals surface area contributed by atoms with E-state index in [0.717, 1.165) is 22.3 Å². The fourth-order valence-electron chi connectivity index (χ4n) is 3.38. The molecular weight excluding hydrogens is 376 g/mol. The minimum Gasteiger partial charge on any atom is -0.274 e. The predicted octanol–water partition coefficient (Wildman–Crippen LogP) is 4.77. The second-order valence-corrected chi connectivity index (χ2v) is 7.16. The lowest BCUT2D eigenvalue weighted by atomic mass is 9.99. The van der Waals surface area contributed by atoms with E-state index in [-0.39, 0.29) is 18.9 Å². The van der Waals surface area contributed by atoms with Gasteiger partial charge in [-0.25, -0.2) is 14.7 Å². The normalized spacial score (nSPS) is 13.6. The first-order valence-electron chi connectivity index (χ1n) is 9.85. The lowest BCUT2D eigenvalue weighted by molar-refractivity contribution is -0.117. The maximum atomic E-state index is 13.0. The van der Waals surface area contributed by atoms with Gasteiger partial charge in [-0.2, -0.15) is 5.10 Å². The molecule has 6 heteroatoms. The Morgan fingerprint density at radius 3 is 2.60 bits per heavy atom. The van der Waals surface area contributed by atoms with Crippen LogP contribution in [0.3, 0.4) is 0 Å². The van der Waals surface area contributed by atoms with Crippen molar-refractivity contribution in [2.75, 3.05) is 4.90 Å². The molecule has 30 heavy (non-hydrogen) atoms. The Kier molecular flexibility index (Phi) is 5.39. The first-order chi connectivity index (χ1) is 14.6. The smallest absolute Gasteiger partial charge is 0.274 e. The molecule has 2 heterocycles. The summed E-state index contributed by atoms with van der Waals surface area (Å²) in [5.74, 6) is -0.259. The van der Waals surface area contributed by atoms with Crippen LogP contribution in [0.5, 0.6) is 0 Å². The summed E-state index contributed by atoms with van der Waals surface area (Å²) < 4.78 is 0. The number of aryl methyl sites for hydroxylation is 1. The molecule has 0 saturated heterocycles. The number of imide groups is 1. The monoisotopic (exact) mass is 398 g/mol. The van der Waals surface area contributed by atoms with Gasteiger partial charge in [-0.1, -0.05) is 48.9 Å². The van der Waals surface area contributed by atoms with Gasteiger partial charge >= 0.3 is 6.03 Å². The molecule has 4 rings (SSSR count). The van der Waals surface area contributed by atoms with Gasteiger partial charge in [0, 0.05) is 24.4 Å². The number of urea groups is 1. The summed E-state index contributed by atoms with van der Waals surface area (Å²) >= 11 is 0. The van der Waals surface area contributed by atoms with Gasteiger partial charge in [0.25, 0.3) is 0 Å². The number of carbonyl (C=O) groups is 2. The van der Waals surface area contributed by atoms with E-state index in [1.807, 2.05) is 24.3 Å². The van der Waals surface area contributed by atoms with Gasteiger partial charge in [0.15, 0.2) is 0 Å². The summed E-state index contributed by atoms with van der Waals surface area (Å²) in [5, 5.41) is 5.66. The van der Waals surface area contributed by atoms with Crippen molar-refractivity contribution in [3.05, 3.63) is 83.7 Å². The van der Waals surface area contributed by atoms with Gasteiger partial charge in [0.05, 0.1) is 18.4 Å². The van der Waals surface area contributed by atoms with Crippen LogP contribution in [0.25, 0.3) is 11.1 Å². The number of pyridine rings is 1. The van der Waals surface area contributed by atoms with Crippen molar-refractivity contribution in [3.63, 3.8) is 0 Å². The van der Waals surface area contributed by atoms with E-state index < -0.39 is 6.03 Å². The van der Waals surface area contributed by atoms with Crippen LogP contribution in [0.15, 0.2) is 72.1 Å². The highest BCUT2D eigenvalue weighted by Crippen LogP contribution is 2.33. The van der Waals surface area contributed by atoms with Gasteiger partial charge in [0.2, 0.25) is 5.91 Å². The van der Waals surface area contributed by atoms with E-state index in [1.54, 1.807) is 31.6 Å². The van der Waals surface area contributed by atoms with Crippen molar-refractivity contribution in [1.82, 2.24) is 9.99 Å². The van der Waals surface area contributed by atoms with Gasteiger partial charge in [-0.15, -0.1) is 0 Å². The van der Waals surface area contributed by atoms with Crippen molar-refractivity contribution < 1.29 is 9.59 Å². The zero-order valence-corrected chi connectivity index (χ0v) is 16.9. The molecule has 6 nitrogen and oxygen atoms in total. The predicted molar refractivity (Wildman–Crippen MR) is 117 cm³/mol. The van der Waals surface area contributed by atoms with Crippen molar-refractivity contribution in [3.8, 4) is 11.1 Å². The average molecular weight is 398 g/mol. The molecular formula is C24H22N4O2. The number of anilines is 1. The Balaban J connectivity index is 1.72. The molecule has 0 N–H and O–H groups in total. The van der Waals surface area contributed by atoms with Crippen molar-refractivity contribution in [2.45, 2.75) is 26.8 Å². The number of amides is 3. The Morgan fingerprint density at radius 1 is 1.13 bits per heavy atom. The number of rotatable bonds is 4. The van der Waals surface area contributed by atoms with E-state index in [4.69, 9.17) is 0 Å². The zero-order chi connectivity index (χ0) is 21.1. The van der Waals surface area contributed by atoms with Crippen LogP contribution in [0.1, 0.15) is 30.0 Å². The lowest BCUT2D eigenvalue weighted by Gasteiger charge is -2.33. The first-order valence-corrected chi connectivity index (χ1v) is 9.85. The SMILES string of the molecule is CCC(=O)N1C(=O)N(/N=C/c2cccnc2)Cc2cc(-c3ccc(C)cc3)ccc21. The fraction of sp³-hybridized carbons (Fsp3) is 0.167. The number of benzene rings is 2. The molecule has 2 aromatic carbocycles. The molecule has 0 radical (unpaired) electrons. The highest BCUT2D eigenvalue weighted by atomic mass is 16.2. The number of hydrazone groups is 1. The lowest BCUT2D eigenvalue weighted by Crippen LogP contribution is -2.47. The molecule has 0 atom stereocenters. The molecule has 1 aliphatic heterocycles. The third-order valence-electron chi connectivity index (χ3n) is 5.02. The summed E-state index contributed by atoms with van der Waals surface area (Å²) in [4.78, 5) is 30.8. The molecule has 150 valence electrons. The van der Waals surface area contributed by atoms with E-state index >= 15 is 0 Å². The van der Waals surface area contributed by atoms with E-state index in [9.17, 15) is 9.59 Å². The van der Waals surface area contributed by atoms with Crippen LogP contribution >= 0.6 is 0 Å². The summed E-state index contributed by atoms with van der Waals surface area (Å²) in [6.07, 6.45) is 5.14. The van der Waals surface area contributed by atoms with Crippen molar-refractivity contribution in [2.24, 2.45) is 5.10 Å². The Hall–Kier alpha value is -3.80. The van der Waals surface area contributed by atoms with Gasteiger partial charge < -0.3 is 0 Å². The Labute approximate surface area is 175 Å². The maximum absolute atomic E-state index is 13.0. The summed E-state index contributed by atoms with van der Waals surface area (Å²) in [5.41, 5.74) is 5.58. The minimum absolute atomic E-state index is 0.227. The Bertz CT molecular complexity index is 1110. The number of hydrogen-bond donors (Lipinski definition) is 0. The Morgan fingerprint density at radius 2 is 1.90 bits per heavy atom. The fourth-order valence-corrected chi connectivity index (χ4v) is 3.38. The molecule has 1 aromatic heterocycles. The van der Waals surface area contributed by atoms with Crippen LogP contribution in [0.4, 0.5) is 10.5 Å². The van der Waals surface area contributed by atoms with Crippen LogP contribution in [-0.4, -0.2) is 28.1 Å². The van der Waals surface area contributed by atoms with Crippen LogP contribution in [0.2, 0.25) is 0 Å². The molecule has 0 aliphatic carbocycles. The molecule has 0 fully saturated rings. The molecule has 3 amide bonds. The third-order valence-corrected chi connectivity index (χ3v) is 5.02. The molecule has 3 aromatic rings. The second-order valence-electron chi connectivity index (χ2n) is 7.16. The van der Waals surface area contributed by atoms with Gasteiger partial charge in [0.1, 0.15) is 0 Å². The average Bonchev–Trinajstić information content (AvgIpc) is 2.78. The quantitative estimate of drug-likeness (QED) is 0.595. The molecule has 0 bridgehead atoms. The van der Waals surface area contributed by atoms with Gasteiger partial charge in [-0.05, 0) is 41.8 Å². The zero-order valence-electron chi connectivity index (χ0n) is 16.9. The number of hydrogen-bond acceptors (Lipinski definition) is 4. The van der Waals surface area contributed by atoms with E-state index in [0.29, 0.717) is 5.69 Å². The maximum Gasteiger partial charge on any atom is 0.352 e. The van der Waals surface area contributed by atoms with Crippen LogP contribution < -0.4 is 4.90 Å². The number of aromatic nitrogens is 1. The number of nitrogens with zero attached hydrogens (tertiary/aromatic N) is 4. The minimum atomic E-state index is -0.447. The first kappa shape index (κ1) is 19.5. The highest BCUT2D eigenvalue weighted by molar-refractivity contribution is 6.15. The molecule has 0 spiro atoms. The van der Waals surface area contributed by atoms with Gasteiger partial charge in [-0.3, -0.25) is 9.78 Å². The molecule has 0 unspecified atom stereocenters. The van der Waals surface area contributed by atoms with E-state index in [1.165, 1.54) is 15.5 Å². The largest absolute Gasteiger partial charge is 0.352 e.